The standard InChI is InChI=1S/C21H38N6O2/c1-3-19(28)27-10-8-18(16-27)24-21(22-2)23-9-11-25-12-14-26(15-13-25)20(29)17-6-4-5-7-17/h17-18H,3-16H2,1-2H3,(H2,22,23,24). The van der Waals surface area contributed by atoms with E-state index in [4.69, 9.17) is 0 Å². The Labute approximate surface area is 175 Å². The predicted octanol–water partition coefficient (Wildman–Crippen LogP) is 0.497. The summed E-state index contributed by atoms with van der Waals surface area (Å²) in [4.78, 5) is 35.1. The molecule has 0 aromatic rings. The normalized spacial score (nSPS) is 24.2. The molecule has 2 aliphatic heterocycles. The molecule has 8 heteroatoms. The molecule has 1 saturated carbocycles. The Balaban J connectivity index is 1.31. The summed E-state index contributed by atoms with van der Waals surface area (Å²) in [5, 5.41) is 6.83. The Morgan fingerprint density at radius 1 is 1.00 bits per heavy atom. The van der Waals surface area contributed by atoms with Gasteiger partial charge in [0.05, 0.1) is 0 Å². The second-order valence-electron chi connectivity index (χ2n) is 8.47. The van der Waals surface area contributed by atoms with Gasteiger partial charge in [-0.1, -0.05) is 19.8 Å². The molecule has 0 spiro atoms. The van der Waals surface area contributed by atoms with Crippen molar-refractivity contribution in [3.63, 3.8) is 0 Å². The molecule has 0 bridgehead atoms. The number of aliphatic imine (C=N–C) groups is 1. The molecule has 2 amide bonds. The minimum absolute atomic E-state index is 0.225. The summed E-state index contributed by atoms with van der Waals surface area (Å²) in [5.41, 5.74) is 0. The van der Waals surface area contributed by atoms with Crippen LogP contribution in [0.2, 0.25) is 0 Å². The lowest BCUT2D eigenvalue weighted by Gasteiger charge is -2.36. The summed E-state index contributed by atoms with van der Waals surface area (Å²) in [6.45, 7) is 8.85. The van der Waals surface area contributed by atoms with E-state index in [1.54, 1.807) is 7.05 Å². The highest BCUT2D eigenvalue weighted by Gasteiger charge is 2.29. The molecule has 0 aromatic heterocycles. The van der Waals surface area contributed by atoms with Crippen LogP contribution in [0.4, 0.5) is 0 Å². The van der Waals surface area contributed by atoms with Crippen LogP contribution in [0.1, 0.15) is 45.4 Å². The van der Waals surface area contributed by atoms with Gasteiger partial charge in [0.1, 0.15) is 0 Å². The van der Waals surface area contributed by atoms with Crippen LogP contribution in [0.3, 0.4) is 0 Å². The molecule has 1 atom stereocenters. The van der Waals surface area contributed by atoms with Crippen LogP contribution in [0, 0.1) is 5.92 Å². The average Bonchev–Trinajstić information content (AvgIpc) is 3.45. The molecule has 1 aliphatic carbocycles. The van der Waals surface area contributed by atoms with Crippen molar-refractivity contribution in [1.82, 2.24) is 25.3 Å². The first-order chi connectivity index (χ1) is 14.1. The number of likely N-dealkylation sites (tertiary alicyclic amines) is 1. The third-order valence-electron chi connectivity index (χ3n) is 6.52. The van der Waals surface area contributed by atoms with Crippen LogP contribution >= 0.6 is 0 Å². The van der Waals surface area contributed by atoms with Crippen molar-refractivity contribution in [2.75, 3.05) is 59.4 Å². The van der Waals surface area contributed by atoms with Crippen molar-refractivity contribution in [2.45, 2.75) is 51.5 Å². The zero-order valence-corrected chi connectivity index (χ0v) is 18.2. The van der Waals surface area contributed by atoms with Gasteiger partial charge in [-0.05, 0) is 19.3 Å². The highest BCUT2D eigenvalue weighted by atomic mass is 16.2. The molecule has 0 aromatic carbocycles. The summed E-state index contributed by atoms with van der Waals surface area (Å²) in [6.07, 6.45) is 6.12. The number of guanidine groups is 1. The second kappa shape index (κ2) is 10.8. The molecule has 3 fully saturated rings. The number of carbonyl (C=O) groups excluding carboxylic acids is 2. The summed E-state index contributed by atoms with van der Waals surface area (Å²) >= 11 is 0. The number of nitrogens with one attached hydrogen (secondary N) is 2. The molecule has 2 saturated heterocycles. The number of piperazine rings is 1. The summed E-state index contributed by atoms with van der Waals surface area (Å²) in [6, 6.07) is 0.266. The Kier molecular flexibility index (Phi) is 8.15. The quantitative estimate of drug-likeness (QED) is 0.496. The van der Waals surface area contributed by atoms with Crippen LogP contribution in [-0.4, -0.2) is 97.9 Å². The number of carbonyl (C=O) groups is 2. The lowest BCUT2D eigenvalue weighted by atomic mass is 10.1. The summed E-state index contributed by atoms with van der Waals surface area (Å²) in [7, 11) is 1.78. The molecule has 1 unspecified atom stereocenters. The Hall–Kier alpha value is -1.83. The van der Waals surface area contributed by atoms with E-state index in [1.807, 2.05) is 11.8 Å². The first-order valence-corrected chi connectivity index (χ1v) is 11.4. The molecular weight excluding hydrogens is 368 g/mol. The van der Waals surface area contributed by atoms with Gasteiger partial charge in [-0.25, -0.2) is 0 Å². The third-order valence-corrected chi connectivity index (χ3v) is 6.52. The van der Waals surface area contributed by atoms with E-state index in [0.717, 1.165) is 77.6 Å². The molecule has 164 valence electrons. The van der Waals surface area contributed by atoms with Crippen LogP contribution in [-0.2, 0) is 9.59 Å². The fraction of sp³-hybridized carbons (Fsp3) is 0.857. The molecule has 2 N–H and O–H groups in total. The van der Waals surface area contributed by atoms with Gasteiger partial charge in [-0.15, -0.1) is 0 Å². The van der Waals surface area contributed by atoms with Gasteiger partial charge in [0, 0.05) is 77.8 Å². The zero-order valence-electron chi connectivity index (χ0n) is 18.2. The Bertz CT molecular complexity index is 582. The van der Waals surface area contributed by atoms with E-state index < -0.39 is 0 Å². The maximum absolute atomic E-state index is 12.5. The SMILES string of the molecule is CCC(=O)N1CCC(NC(=NC)NCCN2CCN(C(=O)C3CCCC3)CC2)C1. The van der Waals surface area contributed by atoms with Crippen LogP contribution in [0.25, 0.3) is 0 Å². The Morgan fingerprint density at radius 3 is 2.38 bits per heavy atom. The van der Waals surface area contributed by atoms with Crippen molar-refractivity contribution >= 4 is 17.8 Å². The van der Waals surface area contributed by atoms with Gasteiger partial charge in [0.15, 0.2) is 5.96 Å². The molecular formula is C21H38N6O2. The van der Waals surface area contributed by atoms with Crippen molar-refractivity contribution in [3.8, 4) is 0 Å². The molecule has 2 heterocycles. The van der Waals surface area contributed by atoms with Crippen molar-refractivity contribution in [2.24, 2.45) is 10.9 Å². The Morgan fingerprint density at radius 2 is 1.72 bits per heavy atom. The van der Waals surface area contributed by atoms with E-state index in [-0.39, 0.29) is 17.9 Å². The van der Waals surface area contributed by atoms with Gasteiger partial charge in [-0.2, -0.15) is 0 Å². The van der Waals surface area contributed by atoms with E-state index in [1.165, 1.54) is 12.8 Å². The molecule has 29 heavy (non-hydrogen) atoms. The van der Waals surface area contributed by atoms with Gasteiger partial charge in [0.25, 0.3) is 0 Å². The topological polar surface area (TPSA) is 80.3 Å². The zero-order chi connectivity index (χ0) is 20.6. The van der Waals surface area contributed by atoms with Crippen LogP contribution in [0.15, 0.2) is 4.99 Å². The minimum atomic E-state index is 0.225. The van der Waals surface area contributed by atoms with Gasteiger partial charge in [0.2, 0.25) is 11.8 Å². The molecule has 0 radical (unpaired) electrons. The summed E-state index contributed by atoms with van der Waals surface area (Å²) in [5.74, 6) is 1.70. The van der Waals surface area contributed by atoms with Crippen molar-refractivity contribution < 1.29 is 9.59 Å². The first-order valence-electron chi connectivity index (χ1n) is 11.4. The number of hydrogen-bond acceptors (Lipinski definition) is 4. The molecule has 3 aliphatic rings. The van der Waals surface area contributed by atoms with Gasteiger partial charge >= 0.3 is 0 Å². The number of hydrogen-bond donors (Lipinski definition) is 2. The minimum Gasteiger partial charge on any atom is -0.355 e. The second-order valence-corrected chi connectivity index (χ2v) is 8.47. The fourth-order valence-electron chi connectivity index (χ4n) is 4.67. The van der Waals surface area contributed by atoms with Gasteiger partial charge in [-0.3, -0.25) is 19.5 Å². The van der Waals surface area contributed by atoms with Crippen LogP contribution in [0.5, 0.6) is 0 Å². The van der Waals surface area contributed by atoms with Gasteiger partial charge < -0.3 is 20.4 Å². The highest BCUT2D eigenvalue weighted by molar-refractivity contribution is 5.80. The van der Waals surface area contributed by atoms with Crippen molar-refractivity contribution in [1.29, 1.82) is 0 Å². The number of nitrogens with zero attached hydrogens (tertiary/aromatic N) is 4. The predicted molar refractivity (Wildman–Crippen MR) is 115 cm³/mol. The number of amides is 2. The lowest BCUT2D eigenvalue weighted by Crippen LogP contribution is -2.52. The lowest BCUT2D eigenvalue weighted by molar-refractivity contribution is -0.137. The summed E-state index contributed by atoms with van der Waals surface area (Å²) < 4.78 is 0. The van der Waals surface area contributed by atoms with Crippen LogP contribution < -0.4 is 10.6 Å². The molecule has 3 rings (SSSR count). The van der Waals surface area contributed by atoms with E-state index >= 15 is 0 Å². The smallest absolute Gasteiger partial charge is 0.225 e. The van der Waals surface area contributed by atoms with E-state index in [0.29, 0.717) is 12.3 Å². The number of rotatable bonds is 6. The third kappa shape index (κ3) is 6.07. The monoisotopic (exact) mass is 406 g/mol. The van der Waals surface area contributed by atoms with E-state index in [2.05, 4.69) is 25.4 Å². The van der Waals surface area contributed by atoms with E-state index in [9.17, 15) is 9.59 Å². The maximum atomic E-state index is 12.5. The largest absolute Gasteiger partial charge is 0.355 e. The first kappa shape index (κ1) is 21.9. The fourth-order valence-corrected chi connectivity index (χ4v) is 4.67. The maximum Gasteiger partial charge on any atom is 0.225 e. The molecule has 8 nitrogen and oxygen atoms in total. The average molecular weight is 407 g/mol. The highest BCUT2D eigenvalue weighted by Crippen LogP contribution is 2.26. The van der Waals surface area contributed by atoms with Crippen molar-refractivity contribution in [3.05, 3.63) is 0 Å².